The van der Waals surface area contributed by atoms with Gasteiger partial charge < -0.3 is 61.6 Å². The van der Waals surface area contributed by atoms with Crippen molar-refractivity contribution in [2.45, 2.75) is 71.6 Å². The Morgan fingerprint density at radius 1 is 0.275 bits per heavy atom. The van der Waals surface area contributed by atoms with E-state index in [1.54, 1.807) is 0 Å². The molecule has 0 spiro atoms. The van der Waals surface area contributed by atoms with Crippen LogP contribution in [-0.2, 0) is 66.4 Å². The van der Waals surface area contributed by atoms with Gasteiger partial charge in [-0.15, -0.1) is 0 Å². The Morgan fingerprint density at radius 3 is 0.804 bits per heavy atom. The Labute approximate surface area is 309 Å². The average molecular weight is 743 g/mol. The van der Waals surface area contributed by atoms with Gasteiger partial charge in [0.15, 0.2) is 0 Å². The van der Waals surface area contributed by atoms with Crippen LogP contribution >= 0.6 is 0 Å². The lowest BCUT2D eigenvalue weighted by Crippen LogP contribution is -2.15. The number of carbonyl (C=O) groups is 1. The molecule has 0 heterocycles. The minimum Gasteiger partial charge on any atom is -0.463 e. The maximum absolute atomic E-state index is 11.6. The quantitative estimate of drug-likeness (QED) is 0.0648. The van der Waals surface area contributed by atoms with Gasteiger partial charge in [0.05, 0.1) is 152 Å². The van der Waals surface area contributed by atoms with Crippen molar-refractivity contribution in [2.24, 2.45) is 0 Å². The zero-order valence-corrected chi connectivity index (χ0v) is 32.3. The highest BCUT2D eigenvalue weighted by Crippen LogP contribution is 2.05. The first-order valence-electron chi connectivity index (χ1n) is 19.4. The second-order valence-electron chi connectivity index (χ2n) is 11.4. The lowest BCUT2D eigenvalue weighted by molar-refractivity contribution is -0.145. The van der Waals surface area contributed by atoms with Crippen LogP contribution in [0.1, 0.15) is 71.6 Å². The number of ether oxygens (including phenoxy) is 13. The Balaban J connectivity index is 3.08. The summed E-state index contributed by atoms with van der Waals surface area (Å²) in [6.07, 6.45) is 9.61. The number of rotatable bonds is 46. The van der Waals surface area contributed by atoms with Crippen LogP contribution in [0.5, 0.6) is 0 Å². The number of hydrogen-bond acceptors (Lipinski definition) is 14. The third kappa shape index (κ3) is 47.0. The maximum atomic E-state index is 11.6. The van der Waals surface area contributed by atoms with E-state index in [0.29, 0.717) is 158 Å². The SMILES string of the molecule is CCCCCCCC(=O)OCCOCCOCCOCCOCCOCCOCCOCCOCCOCCOCCOCCOCCCCC. The summed E-state index contributed by atoms with van der Waals surface area (Å²) in [5, 5.41) is 0. The summed E-state index contributed by atoms with van der Waals surface area (Å²) < 4.78 is 70.9. The van der Waals surface area contributed by atoms with Crippen molar-refractivity contribution in [3.63, 3.8) is 0 Å². The third-order valence-corrected chi connectivity index (χ3v) is 6.96. The zero-order chi connectivity index (χ0) is 36.8. The van der Waals surface area contributed by atoms with Gasteiger partial charge >= 0.3 is 5.97 Å². The molecule has 0 aliphatic rings. The standard InChI is InChI=1S/C37H74O14/c1-3-5-7-8-9-11-37(38)51-36-35-50-34-33-49-32-31-48-30-29-47-28-27-46-26-25-45-24-23-44-22-21-43-20-19-42-18-17-41-16-15-40-14-13-39-12-10-6-4-2/h3-36H2,1-2H3. The van der Waals surface area contributed by atoms with E-state index in [2.05, 4.69) is 13.8 Å². The van der Waals surface area contributed by atoms with Gasteiger partial charge in [0.1, 0.15) is 6.61 Å². The van der Waals surface area contributed by atoms with E-state index in [-0.39, 0.29) is 12.6 Å². The van der Waals surface area contributed by atoms with E-state index in [4.69, 9.17) is 61.6 Å². The van der Waals surface area contributed by atoms with Crippen molar-refractivity contribution in [1.82, 2.24) is 0 Å². The third-order valence-electron chi connectivity index (χ3n) is 6.96. The molecule has 0 bridgehead atoms. The Morgan fingerprint density at radius 2 is 0.510 bits per heavy atom. The van der Waals surface area contributed by atoms with E-state index >= 15 is 0 Å². The Bertz CT molecular complexity index is 646. The first-order valence-corrected chi connectivity index (χ1v) is 19.4. The van der Waals surface area contributed by atoms with Crippen molar-refractivity contribution < 1.29 is 66.4 Å². The van der Waals surface area contributed by atoms with Crippen LogP contribution in [0.15, 0.2) is 0 Å². The van der Waals surface area contributed by atoms with Crippen molar-refractivity contribution in [3.8, 4) is 0 Å². The highest BCUT2D eigenvalue weighted by Gasteiger charge is 2.02. The average Bonchev–Trinajstić information content (AvgIpc) is 3.14. The summed E-state index contributed by atoms with van der Waals surface area (Å²) in [6, 6.07) is 0. The highest BCUT2D eigenvalue weighted by atomic mass is 16.6. The number of hydrogen-bond donors (Lipinski definition) is 0. The molecule has 306 valence electrons. The molecule has 0 amide bonds. The van der Waals surface area contributed by atoms with Crippen molar-refractivity contribution in [3.05, 3.63) is 0 Å². The van der Waals surface area contributed by atoms with Gasteiger partial charge in [-0.25, -0.2) is 0 Å². The summed E-state index contributed by atoms with van der Waals surface area (Å²) in [5.41, 5.74) is 0. The molecular weight excluding hydrogens is 668 g/mol. The Hall–Kier alpha value is -1.01. The normalized spacial score (nSPS) is 11.5. The van der Waals surface area contributed by atoms with Crippen LogP contribution in [-0.4, -0.2) is 171 Å². The number of carbonyl (C=O) groups excluding carboxylic acids is 1. The van der Waals surface area contributed by atoms with E-state index in [0.717, 1.165) is 25.9 Å². The molecular formula is C37H74O14. The highest BCUT2D eigenvalue weighted by molar-refractivity contribution is 5.69. The molecule has 0 rings (SSSR count). The predicted octanol–water partition coefficient (Wildman–Crippen LogP) is 4.28. The van der Waals surface area contributed by atoms with Gasteiger partial charge in [0.25, 0.3) is 0 Å². The van der Waals surface area contributed by atoms with Crippen molar-refractivity contribution in [1.29, 1.82) is 0 Å². The van der Waals surface area contributed by atoms with E-state index in [1.165, 1.54) is 32.1 Å². The van der Waals surface area contributed by atoms with Crippen LogP contribution in [0.2, 0.25) is 0 Å². The van der Waals surface area contributed by atoms with Crippen LogP contribution in [0.4, 0.5) is 0 Å². The smallest absolute Gasteiger partial charge is 0.305 e. The molecule has 0 aromatic heterocycles. The molecule has 0 saturated carbocycles. The summed E-state index contributed by atoms with van der Waals surface area (Å²) in [4.78, 5) is 11.6. The molecule has 0 aliphatic heterocycles. The Kier molecular flexibility index (Phi) is 46.1. The lowest BCUT2D eigenvalue weighted by Gasteiger charge is -2.09. The molecule has 14 nitrogen and oxygen atoms in total. The fourth-order valence-corrected chi connectivity index (χ4v) is 4.13. The van der Waals surface area contributed by atoms with E-state index < -0.39 is 0 Å². The minimum absolute atomic E-state index is 0.147. The molecule has 51 heavy (non-hydrogen) atoms. The molecule has 0 radical (unpaired) electrons. The number of unbranched alkanes of at least 4 members (excludes halogenated alkanes) is 6. The van der Waals surface area contributed by atoms with E-state index in [9.17, 15) is 4.79 Å². The summed E-state index contributed by atoms with van der Waals surface area (Å²) >= 11 is 0. The second kappa shape index (κ2) is 47.0. The molecule has 14 heteroatoms. The molecule has 0 aromatic carbocycles. The fourth-order valence-electron chi connectivity index (χ4n) is 4.13. The zero-order valence-electron chi connectivity index (χ0n) is 32.3. The van der Waals surface area contributed by atoms with Gasteiger partial charge in [-0.1, -0.05) is 52.4 Å². The molecule has 0 unspecified atom stereocenters. The van der Waals surface area contributed by atoms with E-state index in [1.807, 2.05) is 0 Å². The van der Waals surface area contributed by atoms with Crippen LogP contribution in [0, 0.1) is 0 Å². The van der Waals surface area contributed by atoms with Gasteiger partial charge in [-0.3, -0.25) is 4.79 Å². The summed E-state index contributed by atoms with van der Waals surface area (Å²) in [7, 11) is 0. The number of esters is 1. The summed E-state index contributed by atoms with van der Waals surface area (Å²) in [5.74, 6) is -0.147. The first-order chi connectivity index (χ1) is 25.3. The minimum atomic E-state index is -0.147. The van der Waals surface area contributed by atoms with Gasteiger partial charge in [-0.05, 0) is 12.8 Å². The van der Waals surface area contributed by atoms with Gasteiger partial charge in [-0.2, -0.15) is 0 Å². The van der Waals surface area contributed by atoms with Crippen molar-refractivity contribution >= 4 is 5.97 Å². The lowest BCUT2D eigenvalue weighted by atomic mass is 10.1. The molecule has 0 atom stereocenters. The fraction of sp³-hybridized carbons (Fsp3) is 0.973. The largest absolute Gasteiger partial charge is 0.463 e. The topological polar surface area (TPSA) is 137 Å². The van der Waals surface area contributed by atoms with Crippen LogP contribution in [0.25, 0.3) is 0 Å². The molecule has 0 aliphatic carbocycles. The summed E-state index contributed by atoms with van der Waals surface area (Å²) in [6.45, 7) is 17.2. The molecule has 0 N–H and O–H groups in total. The molecule has 0 saturated heterocycles. The predicted molar refractivity (Wildman–Crippen MR) is 194 cm³/mol. The van der Waals surface area contributed by atoms with Crippen molar-refractivity contribution in [2.75, 3.05) is 165 Å². The van der Waals surface area contributed by atoms with Gasteiger partial charge in [0, 0.05) is 13.0 Å². The van der Waals surface area contributed by atoms with Crippen LogP contribution in [0.3, 0.4) is 0 Å². The van der Waals surface area contributed by atoms with Crippen LogP contribution < -0.4 is 0 Å². The van der Waals surface area contributed by atoms with Gasteiger partial charge in [0.2, 0.25) is 0 Å². The molecule has 0 fully saturated rings. The molecule has 0 aromatic rings. The maximum Gasteiger partial charge on any atom is 0.305 e. The second-order valence-corrected chi connectivity index (χ2v) is 11.4. The monoisotopic (exact) mass is 743 g/mol. The first kappa shape index (κ1) is 50.0.